The third kappa shape index (κ3) is 4.80. The van der Waals surface area contributed by atoms with Crippen LogP contribution in [0.1, 0.15) is 12.8 Å². The second-order valence-corrected chi connectivity index (χ2v) is 6.92. The lowest BCUT2D eigenvalue weighted by Crippen LogP contribution is -2.50. The zero-order chi connectivity index (χ0) is 18.6. The van der Waals surface area contributed by atoms with Crippen molar-refractivity contribution in [1.82, 2.24) is 10.2 Å². The third-order valence-corrected chi connectivity index (χ3v) is 4.80. The van der Waals surface area contributed by atoms with Crippen LogP contribution < -0.4 is 10.6 Å². The van der Waals surface area contributed by atoms with Gasteiger partial charge in [-0.3, -0.25) is 0 Å². The number of halogens is 1. The number of urea groups is 1. The summed E-state index contributed by atoms with van der Waals surface area (Å²) < 4.78 is 13.3. The maximum Gasteiger partial charge on any atom is 0.319 e. The number of benzene rings is 2. The van der Waals surface area contributed by atoms with Crippen LogP contribution in [0.4, 0.5) is 14.9 Å². The highest BCUT2D eigenvalue weighted by Crippen LogP contribution is 2.22. The Kier molecular flexibility index (Phi) is 5.54. The van der Waals surface area contributed by atoms with Crippen molar-refractivity contribution in [1.29, 1.82) is 0 Å². The number of nitrogens with zero attached hydrogens (tertiary/aromatic N) is 1. The van der Waals surface area contributed by atoms with Crippen molar-refractivity contribution in [2.75, 3.05) is 32.0 Å². The molecule has 1 aliphatic rings. The van der Waals surface area contributed by atoms with Gasteiger partial charge in [-0.15, -0.1) is 0 Å². The van der Waals surface area contributed by atoms with Crippen LogP contribution in [0.2, 0.25) is 0 Å². The number of likely N-dealkylation sites (tertiary alicyclic amines) is 1. The standard InChI is InChI=1S/C20H24FN3O2/c1-24-11-9-20(26,10-12-24)14-22-19(25)23-18-7-5-15(6-8-18)16-3-2-4-17(21)13-16/h2-8,13,26H,9-12,14H2,1H3,(H2,22,23,25). The fraction of sp³-hybridized carbons (Fsp3) is 0.350. The van der Waals surface area contributed by atoms with E-state index in [-0.39, 0.29) is 18.4 Å². The molecule has 1 aliphatic heterocycles. The molecule has 0 atom stereocenters. The molecule has 1 fully saturated rings. The van der Waals surface area contributed by atoms with Crippen LogP contribution in [0.15, 0.2) is 48.5 Å². The zero-order valence-electron chi connectivity index (χ0n) is 14.8. The van der Waals surface area contributed by atoms with Crippen LogP contribution in [0.5, 0.6) is 0 Å². The summed E-state index contributed by atoms with van der Waals surface area (Å²) in [5, 5.41) is 16.0. The predicted molar refractivity (Wildman–Crippen MR) is 101 cm³/mol. The largest absolute Gasteiger partial charge is 0.388 e. The number of hydrogen-bond acceptors (Lipinski definition) is 3. The molecule has 0 saturated carbocycles. The Balaban J connectivity index is 1.53. The number of carbonyl (C=O) groups is 1. The van der Waals surface area contributed by atoms with Crippen LogP contribution in [-0.4, -0.2) is 48.3 Å². The van der Waals surface area contributed by atoms with Crippen molar-refractivity contribution in [3.8, 4) is 11.1 Å². The fourth-order valence-corrected chi connectivity index (χ4v) is 3.05. The average Bonchev–Trinajstić information content (AvgIpc) is 2.64. The third-order valence-electron chi connectivity index (χ3n) is 4.80. The normalized spacial score (nSPS) is 16.9. The summed E-state index contributed by atoms with van der Waals surface area (Å²) in [6.45, 7) is 1.87. The van der Waals surface area contributed by atoms with Crippen molar-refractivity contribution < 1.29 is 14.3 Å². The molecule has 0 bridgehead atoms. The van der Waals surface area contributed by atoms with E-state index in [9.17, 15) is 14.3 Å². The van der Waals surface area contributed by atoms with Crippen LogP contribution in [0, 0.1) is 5.82 Å². The summed E-state index contributed by atoms with van der Waals surface area (Å²) in [6.07, 6.45) is 1.29. The van der Waals surface area contributed by atoms with E-state index in [1.165, 1.54) is 12.1 Å². The maximum absolute atomic E-state index is 13.3. The number of piperidine rings is 1. The number of amides is 2. The molecule has 2 amide bonds. The van der Waals surface area contributed by atoms with Crippen LogP contribution in [0.3, 0.4) is 0 Å². The van der Waals surface area contributed by atoms with Gasteiger partial charge in [-0.05, 0) is 55.3 Å². The first-order chi connectivity index (χ1) is 12.4. The smallest absolute Gasteiger partial charge is 0.319 e. The highest BCUT2D eigenvalue weighted by molar-refractivity contribution is 5.89. The lowest BCUT2D eigenvalue weighted by atomic mass is 9.92. The van der Waals surface area contributed by atoms with Crippen LogP contribution in [0.25, 0.3) is 11.1 Å². The van der Waals surface area contributed by atoms with Crippen molar-refractivity contribution >= 4 is 11.7 Å². The van der Waals surface area contributed by atoms with Crippen LogP contribution in [-0.2, 0) is 0 Å². The van der Waals surface area contributed by atoms with Crippen molar-refractivity contribution in [3.05, 3.63) is 54.3 Å². The molecule has 0 radical (unpaired) electrons. The molecule has 0 spiro atoms. The van der Waals surface area contributed by atoms with E-state index < -0.39 is 5.60 Å². The van der Waals surface area contributed by atoms with E-state index in [0.717, 1.165) is 24.2 Å². The molecule has 138 valence electrons. The molecule has 5 nitrogen and oxygen atoms in total. The first kappa shape index (κ1) is 18.4. The Bertz CT molecular complexity index is 756. The van der Waals surface area contributed by atoms with Crippen molar-refractivity contribution in [2.45, 2.75) is 18.4 Å². The van der Waals surface area contributed by atoms with Gasteiger partial charge in [-0.25, -0.2) is 9.18 Å². The maximum atomic E-state index is 13.3. The van der Waals surface area contributed by atoms with Gasteiger partial charge < -0.3 is 20.6 Å². The number of aliphatic hydroxyl groups is 1. The van der Waals surface area contributed by atoms with Gasteiger partial charge in [0.15, 0.2) is 0 Å². The molecule has 6 heteroatoms. The summed E-state index contributed by atoms with van der Waals surface area (Å²) in [4.78, 5) is 14.2. The molecule has 1 saturated heterocycles. The van der Waals surface area contributed by atoms with E-state index in [1.54, 1.807) is 18.2 Å². The van der Waals surface area contributed by atoms with Gasteiger partial charge in [-0.1, -0.05) is 24.3 Å². The summed E-state index contributed by atoms with van der Waals surface area (Å²) >= 11 is 0. The molecule has 26 heavy (non-hydrogen) atoms. The zero-order valence-corrected chi connectivity index (χ0v) is 14.8. The van der Waals surface area contributed by atoms with Gasteiger partial charge in [0, 0.05) is 25.3 Å². The summed E-state index contributed by atoms with van der Waals surface area (Å²) in [7, 11) is 2.02. The minimum absolute atomic E-state index is 0.230. The van der Waals surface area contributed by atoms with Gasteiger partial charge in [0.2, 0.25) is 0 Å². The molecule has 0 aromatic heterocycles. The lowest BCUT2D eigenvalue weighted by molar-refractivity contribution is -0.0120. The molecule has 2 aromatic rings. The minimum Gasteiger partial charge on any atom is -0.388 e. The number of nitrogens with one attached hydrogen (secondary N) is 2. The Hall–Kier alpha value is -2.44. The SMILES string of the molecule is CN1CCC(O)(CNC(=O)Nc2ccc(-c3cccc(F)c3)cc2)CC1. The lowest BCUT2D eigenvalue weighted by Gasteiger charge is -2.36. The molecular formula is C20H24FN3O2. The van der Waals surface area contributed by atoms with Gasteiger partial charge in [0.1, 0.15) is 5.82 Å². The van der Waals surface area contributed by atoms with E-state index in [4.69, 9.17) is 0 Å². The van der Waals surface area contributed by atoms with E-state index >= 15 is 0 Å². The van der Waals surface area contributed by atoms with Gasteiger partial charge in [0.25, 0.3) is 0 Å². The Morgan fingerprint density at radius 1 is 1.15 bits per heavy atom. The van der Waals surface area contributed by atoms with Gasteiger partial charge in [-0.2, -0.15) is 0 Å². The molecule has 3 rings (SSSR count). The summed E-state index contributed by atoms with van der Waals surface area (Å²) in [5.74, 6) is -0.282. The minimum atomic E-state index is -0.842. The highest BCUT2D eigenvalue weighted by Gasteiger charge is 2.31. The Morgan fingerprint density at radius 2 is 1.85 bits per heavy atom. The van der Waals surface area contributed by atoms with Crippen molar-refractivity contribution in [2.24, 2.45) is 0 Å². The molecule has 3 N–H and O–H groups in total. The number of hydrogen-bond donors (Lipinski definition) is 3. The average molecular weight is 357 g/mol. The van der Waals surface area contributed by atoms with Crippen LogP contribution >= 0.6 is 0 Å². The summed E-state index contributed by atoms with van der Waals surface area (Å²) in [5.41, 5.74) is 1.45. The van der Waals surface area contributed by atoms with Gasteiger partial charge in [0.05, 0.1) is 5.60 Å². The predicted octanol–water partition coefficient (Wildman–Crippen LogP) is 3.07. The van der Waals surface area contributed by atoms with E-state index in [1.807, 2.05) is 25.2 Å². The first-order valence-electron chi connectivity index (χ1n) is 8.75. The van der Waals surface area contributed by atoms with E-state index in [2.05, 4.69) is 15.5 Å². The molecule has 2 aromatic carbocycles. The Labute approximate surface area is 152 Å². The number of rotatable bonds is 4. The van der Waals surface area contributed by atoms with Crippen molar-refractivity contribution in [3.63, 3.8) is 0 Å². The molecular weight excluding hydrogens is 333 g/mol. The number of carbonyl (C=O) groups excluding carboxylic acids is 1. The quantitative estimate of drug-likeness (QED) is 0.788. The fourth-order valence-electron chi connectivity index (χ4n) is 3.05. The molecule has 0 unspecified atom stereocenters. The first-order valence-corrected chi connectivity index (χ1v) is 8.75. The molecule has 0 aliphatic carbocycles. The second-order valence-electron chi connectivity index (χ2n) is 6.92. The van der Waals surface area contributed by atoms with Gasteiger partial charge >= 0.3 is 6.03 Å². The number of anilines is 1. The highest BCUT2D eigenvalue weighted by atomic mass is 19.1. The second kappa shape index (κ2) is 7.85. The van der Waals surface area contributed by atoms with E-state index in [0.29, 0.717) is 18.5 Å². The molecule has 1 heterocycles. The monoisotopic (exact) mass is 357 g/mol. The summed E-state index contributed by atoms with van der Waals surface area (Å²) in [6, 6.07) is 13.2. The topological polar surface area (TPSA) is 64.6 Å². The Morgan fingerprint density at radius 3 is 2.50 bits per heavy atom.